The highest BCUT2D eigenvalue weighted by atomic mass is 19.1. The fourth-order valence-electron chi connectivity index (χ4n) is 3.64. The van der Waals surface area contributed by atoms with Crippen molar-refractivity contribution < 1.29 is 9.13 Å². The van der Waals surface area contributed by atoms with E-state index < -0.39 is 0 Å². The molecule has 0 fully saturated rings. The molecule has 1 heterocycles. The monoisotopic (exact) mass is 365 g/mol. The Hall–Kier alpha value is -2.66. The number of nitrogens with zero attached hydrogens (tertiary/aromatic N) is 2. The second kappa shape index (κ2) is 7.92. The van der Waals surface area contributed by atoms with E-state index in [1.54, 1.807) is 12.1 Å². The van der Waals surface area contributed by atoms with Gasteiger partial charge in [-0.3, -0.25) is 4.68 Å². The third-order valence-corrected chi connectivity index (χ3v) is 5.20. The van der Waals surface area contributed by atoms with Crippen LogP contribution >= 0.6 is 0 Å². The molecule has 1 unspecified atom stereocenters. The minimum Gasteiger partial charge on any atom is -0.489 e. The molecule has 1 aliphatic rings. The summed E-state index contributed by atoms with van der Waals surface area (Å²) in [4.78, 5) is 0. The maximum absolute atomic E-state index is 13.6. The minimum atomic E-state index is -0.236. The Kier molecular flexibility index (Phi) is 5.21. The van der Waals surface area contributed by atoms with Crippen LogP contribution in [-0.2, 0) is 26.6 Å². The van der Waals surface area contributed by atoms with Gasteiger partial charge in [0.25, 0.3) is 0 Å². The van der Waals surface area contributed by atoms with E-state index in [4.69, 9.17) is 4.74 Å². The lowest BCUT2D eigenvalue weighted by Gasteiger charge is -2.24. The number of fused-ring (bicyclic) bond motifs is 1. The Morgan fingerprint density at radius 3 is 2.81 bits per heavy atom. The van der Waals surface area contributed by atoms with Gasteiger partial charge in [-0.1, -0.05) is 30.3 Å². The molecule has 1 atom stereocenters. The molecule has 27 heavy (non-hydrogen) atoms. The standard InChI is InChI=1S/C22H24FN3O/c1-26-22-8-4-7-21(19(22)14-25-26)24-13-16-9-11-18(12-10-16)27-15-17-5-2-3-6-20(17)23/h2-3,5-6,9-12,14,21,24H,4,7-8,13,15H2,1H3. The summed E-state index contributed by atoms with van der Waals surface area (Å²) >= 11 is 0. The van der Waals surface area contributed by atoms with Crippen LogP contribution in [0.3, 0.4) is 0 Å². The molecule has 0 saturated heterocycles. The predicted molar refractivity (Wildman–Crippen MR) is 103 cm³/mol. The predicted octanol–water partition coefficient (Wildman–Crippen LogP) is 4.31. The fourth-order valence-corrected chi connectivity index (χ4v) is 3.64. The Bertz CT molecular complexity index is 904. The van der Waals surface area contributed by atoms with Crippen molar-refractivity contribution in [2.75, 3.05) is 0 Å². The first kappa shape index (κ1) is 17.7. The summed E-state index contributed by atoms with van der Waals surface area (Å²) in [6.07, 6.45) is 5.43. The van der Waals surface area contributed by atoms with Crippen LogP contribution in [0.1, 0.15) is 41.3 Å². The van der Waals surface area contributed by atoms with Gasteiger partial charge in [-0.2, -0.15) is 5.10 Å². The van der Waals surface area contributed by atoms with Gasteiger partial charge in [0.15, 0.2) is 0 Å². The van der Waals surface area contributed by atoms with Crippen molar-refractivity contribution in [2.24, 2.45) is 7.05 Å². The molecule has 5 heteroatoms. The Morgan fingerprint density at radius 2 is 2.00 bits per heavy atom. The van der Waals surface area contributed by atoms with Crippen LogP contribution in [0.5, 0.6) is 5.75 Å². The lowest BCUT2D eigenvalue weighted by molar-refractivity contribution is 0.299. The first-order valence-electron chi connectivity index (χ1n) is 9.40. The van der Waals surface area contributed by atoms with Gasteiger partial charge < -0.3 is 10.1 Å². The SMILES string of the molecule is Cn1ncc2c1CCCC2NCc1ccc(OCc2ccccc2F)cc1. The Morgan fingerprint density at radius 1 is 1.19 bits per heavy atom. The zero-order chi connectivity index (χ0) is 18.6. The van der Waals surface area contributed by atoms with Crippen molar-refractivity contribution in [3.63, 3.8) is 0 Å². The molecular weight excluding hydrogens is 341 g/mol. The van der Waals surface area contributed by atoms with E-state index in [-0.39, 0.29) is 12.4 Å². The van der Waals surface area contributed by atoms with Gasteiger partial charge in [0.1, 0.15) is 18.2 Å². The molecule has 4 nitrogen and oxygen atoms in total. The third-order valence-electron chi connectivity index (χ3n) is 5.20. The van der Waals surface area contributed by atoms with Gasteiger partial charge >= 0.3 is 0 Å². The van der Waals surface area contributed by atoms with E-state index in [0.717, 1.165) is 25.1 Å². The Labute approximate surface area is 159 Å². The average Bonchev–Trinajstić information content (AvgIpc) is 3.08. The van der Waals surface area contributed by atoms with Crippen LogP contribution in [0.2, 0.25) is 0 Å². The molecule has 2 aromatic carbocycles. The van der Waals surface area contributed by atoms with Crippen molar-refractivity contribution in [2.45, 2.75) is 38.5 Å². The summed E-state index contributed by atoms with van der Waals surface area (Å²) in [6.45, 7) is 1.03. The molecule has 0 spiro atoms. The number of hydrogen-bond donors (Lipinski definition) is 1. The summed E-state index contributed by atoms with van der Waals surface area (Å²) < 4.78 is 21.3. The number of hydrogen-bond acceptors (Lipinski definition) is 3. The maximum Gasteiger partial charge on any atom is 0.129 e. The molecule has 4 rings (SSSR count). The van der Waals surface area contributed by atoms with Crippen molar-refractivity contribution in [3.8, 4) is 5.75 Å². The lowest BCUT2D eigenvalue weighted by Crippen LogP contribution is -2.24. The van der Waals surface area contributed by atoms with E-state index in [9.17, 15) is 4.39 Å². The smallest absolute Gasteiger partial charge is 0.129 e. The highest BCUT2D eigenvalue weighted by Crippen LogP contribution is 2.29. The number of nitrogens with one attached hydrogen (secondary N) is 1. The van der Waals surface area contributed by atoms with Crippen molar-refractivity contribution in [3.05, 3.63) is 82.9 Å². The molecule has 3 aromatic rings. The largest absolute Gasteiger partial charge is 0.489 e. The Balaban J connectivity index is 1.33. The first-order chi connectivity index (χ1) is 13.2. The summed E-state index contributed by atoms with van der Waals surface area (Å²) in [6, 6.07) is 15.0. The molecule has 1 N–H and O–H groups in total. The van der Waals surface area contributed by atoms with Crippen LogP contribution in [-0.4, -0.2) is 9.78 Å². The molecule has 140 valence electrons. The average molecular weight is 365 g/mol. The second-order valence-corrected chi connectivity index (χ2v) is 7.02. The number of aromatic nitrogens is 2. The zero-order valence-corrected chi connectivity index (χ0v) is 15.5. The molecule has 1 aliphatic carbocycles. The topological polar surface area (TPSA) is 39.1 Å². The second-order valence-electron chi connectivity index (χ2n) is 7.02. The van der Waals surface area contributed by atoms with E-state index >= 15 is 0 Å². The summed E-state index contributed by atoms with van der Waals surface area (Å²) in [5.41, 5.74) is 4.43. The molecule has 0 aliphatic heterocycles. The number of aryl methyl sites for hydroxylation is 1. The van der Waals surface area contributed by atoms with E-state index in [1.165, 1.54) is 29.3 Å². The van der Waals surface area contributed by atoms with Crippen LogP contribution in [0, 0.1) is 5.82 Å². The number of rotatable bonds is 6. The quantitative estimate of drug-likeness (QED) is 0.708. The van der Waals surface area contributed by atoms with Gasteiger partial charge in [-0.25, -0.2) is 4.39 Å². The summed E-state index contributed by atoms with van der Waals surface area (Å²) in [5.74, 6) is 0.509. The molecule has 0 amide bonds. The summed E-state index contributed by atoms with van der Waals surface area (Å²) in [7, 11) is 2.02. The molecule has 0 bridgehead atoms. The van der Waals surface area contributed by atoms with Gasteiger partial charge in [0.2, 0.25) is 0 Å². The third kappa shape index (κ3) is 4.03. The van der Waals surface area contributed by atoms with Crippen molar-refractivity contribution in [1.29, 1.82) is 0 Å². The number of halogens is 1. The minimum absolute atomic E-state index is 0.232. The molecule has 1 aromatic heterocycles. The zero-order valence-electron chi connectivity index (χ0n) is 15.5. The number of ether oxygens (including phenoxy) is 1. The van der Waals surface area contributed by atoms with Crippen LogP contribution < -0.4 is 10.1 Å². The normalized spacial score (nSPS) is 16.1. The van der Waals surface area contributed by atoms with Crippen LogP contribution in [0.25, 0.3) is 0 Å². The molecule has 0 saturated carbocycles. The van der Waals surface area contributed by atoms with E-state index in [2.05, 4.69) is 22.5 Å². The lowest BCUT2D eigenvalue weighted by atomic mass is 9.93. The summed E-state index contributed by atoms with van der Waals surface area (Å²) in [5, 5.41) is 8.05. The first-order valence-corrected chi connectivity index (χ1v) is 9.40. The van der Waals surface area contributed by atoms with Crippen LogP contribution in [0.15, 0.2) is 54.7 Å². The maximum atomic E-state index is 13.6. The van der Waals surface area contributed by atoms with Gasteiger partial charge in [0.05, 0.1) is 6.20 Å². The van der Waals surface area contributed by atoms with Gasteiger partial charge in [-0.15, -0.1) is 0 Å². The highest BCUT2D eigenvalue weighted by Gasteiger charge is 2.22. The highest BCUT2D eigenvalue weighted by molar-refractivity contribution is 5.29. The van der Waals surface area contributed by atoms with Gasteiger partial charge in [0, 0.05) is 36.5 Å². The molecular formula is C22H24FN3O. The molecule has 0 radical (unpaired) electrons. The number of benzene rings is 2. The van der Waals surface area contributed by atoms with E-state index in [0.29, 0.717) is 11.6 Å². The fraction of sp³-hybridized carbons (Fsp3) is 0.318. The van der Waals surface area contributed by atoms with Gasteiger partial charge in [-0.05, 0) is 43.0 Å². The van der Waals surface area contributed by atoms with Crippen molar-refractivity contribution >= 4 is 0 Å². The van der Waals surface area contributed by atoms with E-state index in [1.807, 2.05) is 36.1 Å². The van der Waals surface area contributed by atoms with Crippen molar-refractivity contribution in [1.82, 2.24) is 15.1 Å². The van der Waals surface area contributed by atoms with Crippen LogP contribution in [0.4, 0.5) is 4.39 Å².